The van der Waals surface area contributed by atoms with Gasteiger partial charge in [-0.1, -0.05) is 29.8 Å². The first-order chi connectivity index (χ1) is 13.1. The highest BCUT2D eigenvalue weighted by Gasteiger charge is 2.28. The van der Waals surface area contributed by atoms with Crippen molar-refractivity contribution < 1.29 is 22.7 Å². The Morgan fingerprint density at radius 2 is 1.61 bits per heavy atom. The first kappa shape index (κ1) is 21.9. The number of amides is 1. The number of halogens is 1. The van der Waals surface area contributed by atoms with E-state index in [1.54, 1.807) is 31.3 Å². The lowest BCUT2D eigenvalue weighted by Gasteiger charge is -2.23. The van der Waals surface area contributed by atoms with Crippen LogP contribution in [-0.2, 0) is 24.3 Å². The smallest absolute Gasteiger partial charge is 0.324 e. The van der Waals surface area contributed by atoms with E-state index in [2.05, 4.69) is 4.72 Å². The van der Waals surface area contributed by atoms with Crippen LogP contribution in [0.5, 0.6) is 0 Å². The Kier molecular flexibility index (Phi) is 7.17. The molecule has 0 aliphatic carbocycles. The number of para-hydroxylation sites is 1. The summed E-state index contributed by atoms with van der Waals surface area (Å²) in [6, 6.07) is 13.2. The Morgan fingerprint density at radius 1 is 1.04 bits per heavy atom. The van der Waals surface area contributed by atoms with Crippen LogP contribution < -0.4 is 9.62 Å². The second kappa shape index (κ2) is 9.18. The van der Waals surface area contributed by atoms with Gasteiger partial charge in [-0.3, -0.25) is 9.59 Å². The highest BCUT2D eigenvalue weighted by molar-refractivity contribution is 7.89. The Morgan fingerprint density at radius 3 is 2.18 bits per heavy atom. The number of carbonyl (C=O) groups excluding carboxylic acids is 2. The topological polar surface area (TPSA) is 92.8 Å². The van der Waals surface area contributed by atoms with E-state index in [1.807, 2.05) is 6.07 Å². The summed E-state index contributed by atoms with van der Waals surface area (Å²) in [7, 11) is -2.38. The van der Waals surface area contributed by atoms with Gasteiger partial charge in [0.1, 0.15) is 6.04 Å². The fourth-order valence-corrected chi connectivity index (χ4v) is 3.66. The molecular formula is C19H21ClN2O5S. The van der Waals surface area contributed by atoms with Gasteiger partial charge in [0.15, 0.2) is 6.10 Å². The molecule has 2 aromatic rings. The maximum atomic E-state index is 12.4. The zero-order valence-electron chi connectivity index (χ0n) is 15.6. The summed E-state index contributed by atoms with van der Waals surface area (Å²) < 4.78 is 32.0. The zero-order valence-corrected chi connectivity index (χ0v) is 17.2. The molecule has 0 aliphatic rings. The molecule has 28 heavy (non-hydrogen) atoms. The number of esters is 1. The molecule has 1 unspecified atom stereocenters. The number of hydrogen-bond acceptors (Lipinski definition) is 5. The number of benzene rings is 2. The molecule has 0 radical (unpaired) electrons. The normalized spacial score (nSPS) is 13.4. The molecule has 7 nitrogen and oxygen atoms in total. The van der Waals surface area contributed by atoms with Crippen molar-refractivity contribution in [2.24, 2.45) is 0 Å². The number of sulfonamides is 1. The molecule has 0 spiro atoms. The van der Waals surface area contributed by atoms with Gasteiger partial charge in [-0.15, -0.1) is 0 Å². The van der Waals surface area contributed by atoms with Gasteiger partial charge in [0.2, 0.25) is 10.0 Å². The highest BCUT2D eigenvalue weighted by atomic mass is 35.5. The molecule has 0 saturated carbocycles. The molecule has 0 heterocycles. The lowest BCUT2D eigenvalue weighted by molar-refractivity contribution is -0.155. The molecule has 0 bridgehead atoms. The van der Waals surface area contributed by atoms with E-state index < -0.39 is 34.0 Å². The van der Waals surface area contributed by atoms with Crippen LogP contribution >= 0.6 is 11.6 Å². The average Bonchev–Trinajstić information content (AvgIpc) is 2.67. The summed E-state index contributed by atoms with van der Waals surface area (Å²) in [6.07, 6.45) is -1.08. The number of nitrogens with zero attached hydrogens (tertiary/aromatic N) is 1. The molecule has 2 aromatic carbocycles. The number of carbonyl (C=O) groups is 2. The third kappa shape index (κ3) is 5.54. The van der Waals surface area contributed by atoms with Crippen LogP contribution in [0.2, 0.25) is 5.02 Å². The van der Waals surface area contributed by atoms with Crippen LogP contribution in [0.4, 0.5) is 5.69 Å². The van der Waals surface area contributed by atoms with Crippen LogP contribution in [0, 0.1) is 0 Å². The van der Waals surface area contributed by atoms with Crippen LogP contribution in [-0.4, -0.2) is 39.5 Å². The highest BCUT2D eigenvalue weighted by Crippen LogP contribution is 2.15. The molecule has 2 atom stereocenters. The molecule has 0 aromatic heterocycles. The first-order valence-corrected chi connectivity index (χ1v) is 10.3. The lowest BCUT2D eigenvalue weighted by atomic mass is 10.2. The van der Waals surface area contributed by atoms with E-state index in [1.165, 1.54) is 43.0 Å². The van der Waals surface area contributed by atoms with E-state index in [-0.39, 0.29) is 4.90 Å². The SMILES string of the molecule is CC(OC(=O)[C@H](C)NS(=O)(=O)c1ccc(Cl)cc1)C(=O)N(C)c1ccccc1. The quantitative estimate of drug-likeness (QED) is 0.689. The van der Waals surface area contributed by atoms with Crippen molar-refractivity contribution in [3.8, 4) is 0 Å². The monoisotopic (exact) mass is 424 g/mol. The molecule has 0 saturated heterocycles. The number of rotatable bonds is 7. The van der Waals surface area contributed by atoms with Crippen molar-refractivity contribution in [1.82, 2.24) is 4.72 Å². The van der Waals surface area contributed by atoms with Crippen LogP contribution in [0.1, 0.15) is 13.8 Å². The average molecular weight is 425 g/mol. The summed E-state index contributed by atoms with van der Waals surface area (Å²) in [4.78, 5) is 26.0. The van der Waals surface area contributed by atoms with E-state index in [0.717, 1.165) is 0 Å². The van der Waals surface area contributed by atoms with Gasteiger partial charge < -0.3 is 9.64 Å². The van der Waals surface area contributed by atoms with Crippen molar-refractivity contribution >= 4 is 39.2 Å². The van der Waals surface area contributed by atoms with E-state index in [0.29, 0.717) is 10.7 Å². The minimum atomic E-state index is -3.94. The number of nitrogens with one attached hydrogen (secondary N) is 1. The minimum absolute atomic E-state index is 0.0375. The standard InChI is InChI=1S/C19H21ClN2O5S/c1-13(21-28(25,26)17-11-9-15(20)10-12-17)19(24)27-14(2)18(23)22(3)16-7-5-4-6-8-16/h4-14,21H,1-3H3/t13-,14?/m0/s1. The maximum absolute atomic E-state index is 12.4. The molecule has 0 aliphatic heterocycles. The first-order valence-electron chi connectivity index (χ1n) is 8.43. The summed E-state index contributed by atoms with van der Waals surface area (Å²) >= 11 is 5.75. The maximum Gasteiger partial charge on any atom is 0.324 e. The van der Waals surface area contributed by atoms with Crippen LogP contribution in [0.15, 0.2) is 59.5 Å². The number of hydrogen-bond donors (Lipinski definition) is 1. The predicted octanol–water partition coefficient (Wildman–Crippen LogP) is 2.60. The molecule has 150 valence electrons. The van der Waals surface area contributed by atoms with E-state index >= 15 is 0 Å². The van der Waals surface area contributed by atoms with Gasteiger partial charge in [0.05, 0.1) is 4.90 Å². The third-order valence-electron chi connectivity index (χ3n) is 3.92. The Labute approximate surface area is 169 Å². The van der Waals surface area contributed by atoms with Crippen LogP contribution in [0.25, 0.3) is 0 Å². The van der Waals surface area contributed by atoms with Crippen molar-refractivity contribution in [3.63, 3.8) is 0 Å². The number of ether oxygens (including phenoxy) is 1. The summed E-state index contributed by atoms with van der Waals surface area (Å²) in [5.74, 6) is -1.30. The van der Waals surface area contributed by atoms with Crippen molar-refractivity contribution in [1.29, 1.82) is 0 Å². The number of likely N-dealkylation sites (N-methyl/N-ethyl adjacent to an activating group) is 1. The van der Waals surface area contributed by atoms with Crippen molar-refractivity contribution in [2.75, 3.05) is 11.9 Å². The van der Waals surface area contributed by atoms with Crippen molar-refractivity contribution in [3.05, 3.63) is 59.6 Å². The van der Waals surface area contributed by atoms with E-state index in [9.17, 15) is 18.0 Å². The van der Waals surface area contributed by atoms with Gasteiger partial charge >= 0.3 is 5.97 Å². The fraction of sp³-hybridized carbons (Fsp3) is 0.263. The molecule has 1 N–H and O–H groups in total. The molecule has 0 fully saturated rings. The van der Waals surface area contributed by atoms with Gasteiger partial charge in [-0.05, 0) is 50.2 Å². The van der Waals surface area contributed by atoms with Gasteiger partial charge in [-0.25, -0.2) is 8.42 Å². The summed E-state index contributed by atoms with van der Waals surface area (Å²) in [6.45, 7) is 2.77. The zero-order chi connectivity index (χ0) is 20.9. The van der Waals surface area contributed by atoms with Crippen molar-refractivity contribution in [2.45, 2.75) is 30.9 Å². The predicted molar refractivity (Wildman–Crippen MR) is 107 cm³/mol. The lowest BCUT2D eigenvalue weighted by Crippen LogP contribution is -2.44. The second-order valence-corrected chi connectivity index (χ2v) is 8.26. The van der Waals surface area contributed by atoms with Crippen LogP contribution in [0.3, 0.4) is 0 Å². The van der Waals surface area contributed by atoms with Gasteiger partial charge in [0, 0.05) is 17.8 Å². The summed E-state index contributed by atoms with van der Waals surface area (Å²) in [5.41, 5.74) is 0.645. The molecule has 9 heteroatoms. The van der Waals surface area contributed by atoms with Gasteiger partial charge in [-0.2, -0.15) is 4.72 Å². The largest absolute Gasteiger partial charge is 0.451 e. The molecular weight excluding hydrogens is 404 g/mol. The Bertz CT molecular complexity index is 933. The molecule has 2 rings (SSSR count). The Hall–Kier alpha value is -2.42. The van der Waals surface area contributed by atoms with E-state index in [4.69, 9.17) is 16.3 Å². The fourth-order valence-electron chi connectivity index (χ4n) is 2.34. The summed E-state index contributed by atoms with van der Waals surface area (Å²) in [5, 5.41) is 0.390. The number of anilines is 1. The second-order valence-electron chi connectivity index (χ2n) is 6.11. The minimum Gasteiger partial charge on any atom is -0.451 e. The van der Waals surface area contributed by atoms with Gasteiger partial charge in [0.25, 0.3) is 5.91 Å². The third-order valence-corrected chi connectivity index (χ3v) is 5.73. The Balaban J connectivity index is 1.99. The molecule has 1 amide bonds.